The van der Waals surface area contributed by atoms with Crippen molar-refractivity contribution in [2.75, 3.05) is 24.3 Å². The molecule has 4 heterocycles. The predicted octanol–water partition coefficient (Wildman–Crippen LogP) is -0.187. The van der Waals surface area contributed by atoms with Crippen molar-refractivity contribution in [3.05, 3.63) is 35.2 Å². The number of aromatic nitrogens is 5. The number of aryl methyl sites for hydroxylation is 1. The molecule has 1 amide bonds. The third-order valence-corrected chi connectivity index (χ3v) is 7.36. The second kappa shape index (κ2) is 8.24. The molecule has 3 N–H and O–H groups in total. The highest BCUT2D eigenvalue weighted by Gasteiger charge is 2.54. The first kappa shape index (κ1) is 20.6. The van der Waals surface area contributed by atoms with E-state index in [1.165, 1.54) is 21.3 Å². The second-order valence-electron chi connectivity index (χ2n) is 6.79. The number of aliphatic carboxylic acids is 1. The number of rotatable bonds is 7. The molecule has 13 heteroatoms. The van der Waals surface area contributed by atoms with Gasteiger partial charge in [-0.25, -0.2) is 14.0 Å². The summed E-state index contributed by atoms with van der Waals surface area (Å²) in [5.41, 5.74) is 7.56. The van der Waals surface area contributed by atoms with Crippen LogP contribution in [0.1, 0.15) is 11.5 Å². The number of carbonyl (C=O) groups is 2. The second-order valence-corrected chi connectivity index (χ2v) is 8.84. The summed E-state index contributed by atoms with van der Waals surface area (Å²) in [4.78, 5) is 26.3. The van der Waals surface area contributed by atoms with Gasteiger partial charge < -0.3 is 9.84 Å². The van der Waals surface area contributed by atoms with E-state index in [1.807, 2.05) is 6.07 Å². The molecular formula is C17H20N7O4S2+. The minimum absolute atomic E-state index is 0.0565. The van der Waals surface area contributed by atoms with E-state index >= 15 is 0 Å². The van der Waals surface area contributed by atoms with Crippen molar-refractivity contribution in [2.45, 2.75) is 23.2 Å². The molecule has 2 aliphatic rings. The minimum atomic E-state index is -1.11. The van der Waals surface area contributed by atoms with Gasteiger partial charge in [-0.15, -0.1) is 16.9 Å². The number of hydrogen-bond donors (Lipinski definition) is 2. The summed E-state index contributed by atoms with van der Waals surface area (Å²) in [7, 11) is 3.29. The molecule has 0 spiro atoms. The van der Waals surface area contributed by atoms with Gasteiger partial charge in [0.1, 0.15) is 5.70 Å². The number of pyridine rings is 1. The zero-order valence-corrected chi connectivity index (χ0v) is 17.9. The van der Waals surface area contributed by atoms with E-state index in [4.69, 9.17) is 10.5 Å². The Kier molecular flexibility index (Phi) is 5.66. The number of anilines is 1. The molecule has 11 nitrogen and oxygen atoms in total. The fourth-order valence-electron chi connectivity index (χ4n) is 3.48. The van der Waals surface area contributed by atoms with Crippen LogP contribution in [-0.4, -0.2) is 66.1 Å². The summed E-state index contributed by atoms with van der Waals surface area (Å²) in [6, 6.07) is 3.57. The monoisotopic (exact) mass is 450 g/mol. The van der Waals surface area contributed by atoms with Gasteiger partial charge in [-0.05, 0) is 27.6 Å². The molecule has 2 aromatic heterocycles. The summed E-state index contributed by atoms with van der Waals surface area (Å²) in [5, 5.41) is 21.4. The largest absolute Gasteiger partial charge is 0.477 e. The van der Waals surface area contributed by atoms with Gasteiger partial charge in [0.05, 0.1) is 17.5 Å². The number of carbonyl (C=O) groups excluding carboxylic acids is 1. The number of hydrogen-bond acceptors (Lipinski definition) is 9. The maximum absolute atomic E-state index is 13.0. The number of nitrogens with two attached hydrogens (primary N) is 1. The van der Waals surface area contributed by atoms with E-state index in [9.17, 15) is 14.7 Å². The van der Waals surface area contributed by atoms with Crippen LogP contribution in [0.3, 0.4) is 0 Å². The topological polar surface area (TPSA) is 140 Å². The number of carboxylic acid groups (broad SMARTS) is 1. The van der Waals surface area contributed by atoms with Gasteiger partial charge in [-0.2, -0.15) is 0 Å². The van der Waals surface area contributed by atoms with E-state index in [0.717, 1.165) is 5.56 Å². The first-order chi connectivity index (χ1) is 14.4. The number of fused-ring (bicyclic) bond motifs is 1. The van der Waals surface area contributed by atoms with Crippen molar-refractivity contribution in [1.82, 2.24) is 25.1 Å². The van der Waals surface area contributed by atoms with Crippen molar-refractivity contribution < 1.29 is 24.0 Å². The van der Waals surface area contributed by atoms with E-state index in [0.29, 0.717) is 34.8 Å². The van der Waals surface area contributed by atoms with Gasteiger partial charge in [0, 0.05) is 31.7 Å². The molecule has 1 unspecified atom stereocenters. The van der Waals surface area contributed by atoms with Gasteiger partial charge in [0.2, 0.25) is 11.1 Å². The highest BCUT2D eigenvalue weighted by atomic mass is 32.2. The summed E-state index contributed by atoms with van der Waals surface area (Å²) in [6.07, 6.45) is 1.77. The fraction of sp³-hybridized carbons (Fsp3) is 0.412. The maximum Gasteiger partial charge on any atom is 0.352 e. The van der Waals surface area contributed by atoms with Crippen molar-refractivity contribution in [3.8, 4) is 0 Å². The summed E-state index contributed by atoms with van der Waals surface area (Å²) in [6.45, 7) is 0.309. The van der Waals surface area contributed by atoms with Crippen LogP contribution >= 0.6 is 23.5 Å². The Morgan fingerprint density at radius 2 is 2.33 bits per heavy atom. The Morgan fingerprint density at radius 1 is 1.53 bits per heavy atom. The number of methoxy groups -OCH3 is 1. The third kappa shape index (κ3) is 3.52. The van der Waals surface area contributed by atoms with Crippen molar-refractivity contribution in [1.29, 1.82) is 0 Å². The Morgan fingerprint density at radius 3 is 2.97 bits per heavy atom. The van der Waals surface area contributed by atoms with Crippen LogP contribution in [0.2, 0.25) is 0 Å². The van der Waals surface area contributed by atoms with Gasteiger partial charge in [0.25, 0.3) is 5.82 Å². The molecule has 2 aliphatic heterocycles. The standard InChI is InChI=1S/C17H19N7O4S2/c1-22-17(19-20-21-22)30-7-10-6-29-15-12(14(25)24(15)13(10)16(26)27)9-3-4-23(8-28-2)11(18)5-9/h3-5,12,15,18H,6-8H2,1-2H3,(H,26,27)/p+1/t12-,15?/m1/s1. The van der Waals surface area contributed by atoms with Crippen LogP contribution in [0.4, 0.5) is 5.82 Å². The Hall–Kier alpha value is -2.64. The number of amides is 1. The van der Waals surface area contributed by atoms with Gasteiger partial charge >= 0.3 is 5.97 Å². The van der Waals surface area contributed by atoms with Crippen molar-refractivity contribution >= 4 is 41.2 Å². The highest BCUT2D eigenvalue weighted by molar-refractivity contribution is 8.01. The van der Waals surface area contributed by atoms with Crippen LogP contribution in [0.25, 0.3) is 0 Å². The van der Waals surface area contributed by atoms with E-state index in [1.54, 1.807) is 42.7 Å². The van der Waals surface area contributed by atoms with E-state index in [-0.39, 0.29) is 17.0 Å². The normalized spacial score (nSPS) is 20.9. The van der Waals surface area contributed by atoms with E-state index in [2.05, 4.69) is 15.5 Å². The number of tetrazole rings is 1. The molecular weight excluding hydrogens is 430 g/mol. The molecule has 30 heavy (non-hydrogen) atoms. The average molecular weight is 451 g/mol. The number of nitrogens with zero attached hydrogens (tertiary/aromatic N) is 6. The maximum atomic E-state index is 13.0. The smallest absolute Gasteiger partial charge is 0.352 e. The number of thioether (sulfide) groups is 2. The molecule has 1 saturated heterocycles. The summed E-state index contributed by atoms with van der Waals surface area (Å²) in [5.74, 6) is -0.401. The molecule has 2 aromatic rings. The number of ether oxygens (including phenoxy) is 1. The van der Waals surface area contributed by atoms with Crippen molar-refractivity contribution in [2.24, 2.45) is 7.05 Å². The highest BCUT2D eigenvalue weighted by Crippen LogP contribution is 2.48. The fourth-order valence-corrected chi connectivity index (χ4v) is 5.90. The first-order valence-electron chi connectivity index (χ1n) is 8.95. The quantitative estimate of drug-likeness (QED) is 0.331. The van der Waals surface area contributed by atoms with Crippen molar-refractivity contribution in [3.63, 3.8) is 0 Å². The average Bonchev–Trinajstić information content (AvgIpc) is 3.12. The lowest BCUT2D eigenvalue weighted by atomic mass is 9.89. The Balaban J connectivity index is 1.56. The molecule has 0 aliphatic carbocycles. The van der Waals surface area contributed by atoms with Gasteiger partial charge in [-0.3, -0.25) is 15.4 Å². The molecule has 2 atom stereocenters. The van der Waals surface area contributed by atoms with Crippen LogP contribution in [0, 0.1) is 0 Å². The molecule has 0 aromatic carbocycles. The molecule has 0 saturated carbocycles. The third-order valence-electron chi connectivity index (χ3n) is 4.93. The van der Waals surface area contributed by atoms with Crippen LogP contribution in [0.15, 0.2) is 34.8 Å². The zero-order chi connectivity index (χ0) is 21.4. The lowest BCUT2D eigenvalue weighted by Gasteiger charge is -2.49. The van der Waals surface area contributed by atoms with E-state index < -0.39 is 11.9 Å². The van der Waals surface area contributed by atoms with Crippen LogP contribution < -0.4 is 10.3 Å². The number of β-lactam (4-membered cyclic amide) rings is 1. The minimum Gasteiger partial charge on any atom is -0.477 e. The number of nitrogen functional groups attached to an aromatic ring is 1. The Labute approximate surface area is 180 Å². The first-order valence-corrected chi connectivity index (χ1v) is 11.0. The lowest BCUT2D eigenvalue weighted by Crippen LogP contribution is -2.60. The summed E-state index contributed by atoms with van der Waals surface area (Å²) >= 11 is 2.89. The number of carboxylic acids is 1. The summed E-state index contributed by atoms with van der Waals surface area (Å²) < 4.78 is 8.32. The zero-order valence-electron chi connectivity index (χ0n) is 16.3. The van der Waals surface area contributed by atoms with Gasteiger partial charge in [0.15, 0.2) is 6.73 Å². The molecule has 158 valence electrons. The SMILES string of the molecule is COC[n+]1ccc([C@@H]2C(=O)N3C(C(=O)O)=C(CSc4nnnn4C)CSC23)cc1N. The predicted molar refractivity (Wildman–Crippen MR) is 108 cm³/mol. The van der Waals surface area contributed by atoms with Crippen LogP contribution in [-0.2, 0) is 28.1 Å². The molecule has 4 rings (SSSR count). The molecule has 1 fully saturated rings. The lowest BCUT2D eigenvalue weighted by molar-refractivity contribution is -0.718. The van der Waals surface area contributed by atoms with Gasteiger partial charge in [-0.1, -0.05) is 11.8 Å². The molecule has 0 bridgehead atoms. The molecule has 0 radical (unpaired) electrons. The Bertz CT molecular complexity index is 1040. The van der Waals surface area contributed by atoms with Crippen LogP contribution in [0.5, 0.6) is 0 Å².